The quantitative estimate of drug-likeness (QED) is 0.909. The Labute approximate surface area is 126 Å². The molecular weight excluding hydrogens is 351 g/mol. The van der Waals surface area contributed by atoms with Crippen molar-refractivity contribution in [3.05, 3.63) is 34.1 Å². The predicted octanol–water partition coefficient (Wildman–Crippen LogP) is 3.55. The Bertz CT molecular complexity index is 680. The van der Waals surface area contributed by atoms with E-state index in [2.05, 4.69) is 26.1 Å². The second-order valence-electron chi connectivity index (χ2n) is 4.89. The van der Waals surface area contributed by atoms with Gasteiger partial charge in [0.25, 0.3) is 0 Å². The molecule has 0 radical (unpaired) electrons. The summed E-state index contributed by atoms with van der Waals surface area (Å²) in [4.78, 5) is 0. The van der Waals surface area contributed by atoms with Crippen molar-refractivity contribution in [2.24, 2.45) is 0 Å². The number of benzene rings is 1. The summed E-state index contributed by atoms with van der Waals surface area (Å²) >= 11 is 3.26. The summed E-state index contributed by atoms with van der Waals surface area (Å²) in [5, 5.41) is 17.1. The number of aliphatic hydroxyl groups excluding tert-OH is 1. The number of hydrogen-bond acceptors (Lipinski definition) is 3. The van der Waals surface area contributed by atoms with Crippen LogP contribution in [0.4, 0.5) is 13.2 Å². The zero-order chi connectivity index (χ0) is 15.2. The summed E-state index contributed by atoms with van der Waals surface area (Å²) in [5.74, 6) is 0.719. The second kappa shape index (κ2) is 5.10. The largest absolute Gasteiger partial charge is 0.416 e. The molecule has 1 aliphatic rings. The fourth-order valence-electron chi connectivity index (χ4n) is 2.20. The Kier molecular flexibility index (Phi) is 3.53. The fourth-order valence-corrected chi connectivity index (χ4v) is 2.63. The van der Waals surface area contributed by atoms with Crippen molar-refractivity contribution in [3.8, 4) is 11.4 Å². The molecule has 3 rings (SSSR count). The number of alkyl halides is 3. The van der Waals surface area contributed by atoms with E-state index < -0.39 is 11.7 Å². The zero-order valence-corrected chi connectivity index (χ0v) is 12.3. The van der Waals surface area contributed by atoms with E-state index in [-0.39, 0.29) is 12.6 Å². The van der Waals surface area contributed by atoms with E-state index in [0.717, 1.165) is 25.0 Å². The van der Waals surface area contributed by atoms with Crippen molar-refractivity contribution in [3.63, 3.8) is 0 Å². The minimum absolute atomic E-state index is 0.151. The van der Waals surface area contributed by atoms with Gasteiger partial charge in [-0.1, -0.05) is 15.9 Å². The van der Waals surface area contributed by atoms with E-state index in [1.165, 1.54) is 6.07 Å². The van der Waals surface area contributed by atoms with Gasteiger partial charge in [-0.2, -0.15) is 13.2 Å². The van der Waals surface area contributed by atoms with Gasteiger partial charge in [0.15, 0.2) is 11.6 Å². The van der Waals surface area contributed by atoms with Gasteiger partial charge in [-0.3, -0.25) is 0 Å². The lowest BCUT2D eigenvalue weighted by molar-refractivity contribution is -0.137. The third kappa shape index (κ3) is 2.69. The number of aliphatic hydroxyl groups is 1. The maximum absolute atomic E-state index is 12.9. The highest BCUT2D eigenvalue weighted by Gasteiger charge is 2.33. The van der Waals surface area contributed by atoms with Crippen LogP contribution in [0.25, 0.3) is 11.4 Å². The SMILES string of the molecule is OCc1nnc(-c2cc(C(F)(F)F)ccc2Br)n1C1CC1. The van der Waals surface area contributed by atoms with Crippen molar-refractivity contribution >= 4 is 15.9 Å². The summed E-state index contributed by atoms with van der Waals surface area (Å²) < 4.78 is 40.8. The van der Waals surface area contributed by atoms with Crippen LogP contribution < -0.4 is 0 Å². The van der Waals surface area contributed by atoms with Crippen LogP contribution in [0.15, 0.2) is 22.7 Å². The van der Waals surface area contributed by atoms with Crippen molar-refractivity contribution in [1.29, 1.82) is 0 Å². The molecule has 1 aromatic heterocycles. The molecule has 1 N–H and O–H groups in total. The molecule has 0 saturated heterocycles. The standard InChI is InChI=1S/C13H11BrF3N3O/c14-10-4-1-7(13(15,16)17)5-9(10)12-19-18-11(6-21)20(12)8-2-3-8/h1,4-5,8,21H,2-3,6H2. The molecule has 1 saturated carbocycles. The van der Waals surface area contributed by atoms with E-state index >= 15 is 0 Å². The molecule has 112 valence electrons. The van der Waals surface area contributed by atoms with Crippen LogP contribution in [0.1, 0.15) is 30.3 Å². The molecular formula is C13H11BrF3N3O. The molecule has 2 aromatic rings. The lowest BCUT2D eigenvalue weighted by atomic mass is 10.1. The van der Waals surface area contributed by atoms with E-state index in [4.69, 9.17) is 0 Å². The zero-order valence-electron chi connectivity index (χ0n) is 10.7. The Balaban J connectivity index is 2.14. The molecule has 21 heavy (non-hydrogen) atoms. The Morgan fingerprint density at radius 2 is 2.00 bits per heavy atom. The van der Waals surface area contributed by atoms with Gasteiger partial charge in [-0.25, -0.2) is 0 Å². The van der Waals surface area contributed by atoms with Crippen LogP contribution >= 0.6 is 15.9 Å². The van der Waals surface area contributed by atoms with Gasteiger partial charge >= 0.3 is 6.18 Å². The molecule has 0 amide bonds. The van der Waals surface area contributed by atoms with Gasteiger partial charge in [0.2, 0.25) is 0 Å². The Morgan fingerprint density at radius 3 is 2.57 bits per heavy atom. The van der Waals surface area contributed by atoms with Crippen molar-refractivity contribution < 1.29 is 18.3 Å². The molecule has 1 aliphatic carbocycles. The third-order valence-corrected chi connectivity index (χ3v) is 4.05. The normalized spacial score (nSPS) is 15.5. The molecule has 0 spiro atoms. The molecule has 0 atom stereocenters. The van der Waals surface area contributed by atoms with Crippen LogP contribution in [0.5, 0.6) is 0 Å². The number of halogens is 4. The monoisotopic (exact) mass is 361 g/mol. The maximum atomic E-state index is 12.9. The van der Waals surface area contributed by atoms with E-state index in [9.17, 15) is 18.3 Å². The van der Waals surface area contributed by atoms with E-state index in [0.29, 0.717) is 21.7 Å². The average Bonchev–Trinajstić information content (AvgIpc) is 3.17. The van der Waals surface area contributed by atoms with Crippen LogP contribution in [0.2, 0.25) is 0 Å². The van der Waals surface area contributed by atoms with Crippen LogP contribution in [-0.2, 0) is 12.8 Å². The molecule has 0 bridgehead atoms. The molecule has 1 aromatic carbocycles. The van der Waals surface area contributed by atoms with Gasteiger partial charge in [-0.15, -0.1) is 10.2 Å². The summed E-state index contributed by atoms with van der Waals surface area (Å²) in [6.45, 7) is -0.292. The summed E-state index contributed by atoms with van der Waals surface area (Å²) in [6.07, 6.45) is -2.59. The Morgan fingerprint density at radius 1 is 1.29 bits per heavy atom. The average molecular weight is 362 g/mol. The minimum atomic E-state index is -4.42. The van der Waals surface area contributed by atoms with Crippen molar-refractivity contribution in [2.45, 2.75) is 31.7 Å². The summed E-state index contributed by atoms with van der Waals surface area (Å²) in [6, 6.07) is 3.56. The number of nitrogens with zero attached hydrogens (tertiary/aromatic N) is 3. The first-order valence-corrected chi connectivity index (χ1v) is 7.13. The second-order valence-corrected chi connectivity index (χ2v) is 5.75. The summed E-state index contributed by atoms with van der Waals surface area (Å²) in [7, 11) is 0. The molecule has 4 nitrogen and oxygen atoms in total. The maximum Gasteiger partial charge on any atom is 0.416 e. The first kappa shape index (κ1) is 14.5. The van der Waals surface area contributed by atoms with Crippen molar-refractivity contribution in [2.75, 3.05) is 0 Å². The lowest BCUT2D eigenvalue weighted by Crippen LogP contribution is -2.07. The summed E-state index contributed by atoms with van der Waals surface area (Å²) in [5.41, 5.74) is -0.416. The third-order valence-electron chi connectivity index (χ3n) is 3.35. The molecule has 1 heterocycles. The van der Waals surface area contributed by atoms with Crippen LogP contribution in [-0.4, -0.2) is 19.9 Å². The molecule has 0 unspecified atom stereocenters. The smallest absolute Gasteiger partial charge is 0.388 e. The van der Waals surface area contributed by atoms with Gasteiger partial charge < -0.3 is 9.67 Å². The highest BCUT2D eigenvalue weighted by atomic mass is 79.9. The highest BCUT2D eigenvalue weighted by molar-refractivity contribution is 9.10. The Hall–Kier alpha value is -1.41. The predicted molar refractivity (Wildman–Crippen MR) is 72.4 cm³/mol. The molecule has 0 aliphatic heterocycles. The van der Waals surface area contributed by atoms with Gasteiger partial charge in [0.1, 0.15) is 6.61 Å². The van der Waals surface area contributed by atoms with Gasteiger partial charge in [0.05, 0.1) is 5.56 Å². The topological polar surface area (TPSA) is 50.9 Å². The fraction of sp³-hybridized carbons (Fsp3) is 0.385. The van der Waals surface area contributed by atoms with Crippen LogP contribution in [0, 0.1) is 0 Å². The van der Waals surface area contributed by atoms with E-state index in [1.54, 1.807) is 4.57 Å². The number of hydrogen-bond donors (Lipinski definition) is 1. The lowest BCUT2D eigenvalue weighted by Gasteiger charge is -2.12. The molecule has 8 heteroatoms. The van der Waals surface area contributed by atoms with Gasteiger partial charge in [0, 0.05) is 16.1 Å². The highest BCUT2D eigenvalue weighted by Crippen LogP contribution is 2.41. The van der Waals surface area contributed by atoms with Crippen molar-refractivity contribution in [1.82, 2.24) is 14.8 Å². The van der Waals surface area contributed by atoms with Gasteiger partial charge in [-0.05, 0) is 31.0 Å². The van der Waals surface area contributed by atoms with Crippen LogP contribution in [0.3, 0.4) is 0 Å². The first-order chi connectivity index (χ1) is 9.91. The number of rotatable bonds is 3. The molecule has 1 fully saturated rings. The van der Waals surface area contributed by atoms with E-state index in [1.807, 2.05) is 0 Å². The number of aromatic nitrogens is 3. The first-order valence-electron chi connectivity index (χ1n) is 6.33. The minimum Gasteiger partial charge on any atom is -0.388 e.